The second-order valence-electron chi connectivity index (χ2n) is 4.64. The number of amides is 1. The molecule has 21 heavy (non-hydrogen) atoms. The van der Waals surface area contributed by atoms with Gasteiger partial charge in [0.25, 0.3) is 0 Å². The van der Waals surface area contributed by atoms with Crippen LogP contribution in [0.25, 0.3) is 16.5 Å². The number of carbonyl (C=O) groups excluding carboxylic acids is 1. The highest BCUT2D eigenvalue weighted by molar-refractivity contribution is 9.10. The number of rotatable bonds is 5. The Kier molecular flexibility index (Phi) is 5.73. The number of hydrogen-bond acceptors (Lipinski definition) is 3. The van der Waals surface area contributed by atoms with Crippen LogP contribution in [0.2, 0.25) is 0 Å². The number of carbonyl (C=O) groups is 1. The number of aliphatic hydroxyl groups is 1. The first kappa shape index (κ1) is 15.9. The smallest absolute Gasteiger partial charge is 0.244 e. The third-order valence-electron chi connectivity index (χ3n) is 2.80. The van der Waals surface area contributed by atoms with Crippen molar-refractivity contribution in [2.75, 3.05) is 6.61 Å². The Morgan fingerprint density at radius 2 is 2.24 bits per heavy atom. The van der Waals surface area contributed by atoms with E-state index in [2.05, 4.69) is 33.4 Å². The molecule has 0 aliphatic heterocycles. The van der Waals surface area contributed by atoms with Gasteiger partial charge >= 0.3 is 0 Å². The summed E-state index contributed by atoms with van der Waals surface area (Å²) in [7, 11) is 0. The van der Waals surface area contributed by atoms with E-state index in [4.69, 9.17) is 5.11 Å². The number of hydrogen-bond donors (Lipinski definition) is 2. The van der Waals surface area contributed by atoms with Crippen LogP contribution in [0.4, 0.5) is 0 Å². The molecule has 0 aliphatic carbocycles. The standard InChI is InChI=1S/C16H16BrNO2S/c1-11(10-19)18-16(20)8-6-14-5-7-15(21-14)12-3-2-4-13(17)9-12/h2-9,11,19H,10H2,1H3,(H,18,20)/b8-6+. The first-order valence-electron chi connectivity index (χ1n) is 6.53. The van der Waals surface area contributed by atoms with Crippen LogP contribution in [-0.2, 0) is 4.79 Å². The third kappa shape index (κ3) is 4.81. The van der Waals surface area contributed by atoms with Crippen molar-refractivity contribution in [1.29, 1.82) is 0 Å². The van der Waals surface area contributed by atoms with Crippen molar-refractivity contribution < 1.29 is 9.90 Å². The molecule has 1 aromatic carbocycles. The van der Waals surface area contributed by atoms with Crippen LogP contribution in [0.1, 0.15) is 11.8 Å². The minimum Gasteiger partial charge on any atom is -0.394 e. The Hall–Kier alpha value is -1.43. The van der Waals surface area contributed by atoms with Crippen molar-refractivity contribution >= 4 is 39.2 Å². The Labute approximate surface area is 136 Å². The highest BCUT2D eigenvalue weighted by atomic mass is 79.9. The van der Waals surface area contributed by atoms with Crippen LogP contribution in [0, 0.1) is 0 Å². The summed E-state index contributed by atoms with van der Waals surface area (Å²) in [6, 6.07) is 11.9. The Morgan fingerprint density at radius 3 is 2.95 bits per heavy atom. The predicted molar refractivity (Wildman–Crippen MR) is 91.2 cm³/mol. The Balaban J connectivity index is 2.05. The molecule has 1 aromatic heterocycles. The fraction of sp³-hybridized carbons (Fsp3) is 0.188. The Bertz CT molecular complexity index is 651. The molecule has 0 saturated heterocycles. The fourth-order valence-electron chi connectivity index (χ4n) is 1.73. The Morgan fingerprint density at radius 1 is 1.43 bits per heavy atom. The maximum absolute atomic E-state index is 11.6. The first-order valence-corrected chi connectivity index (χ1v) is 8.14. The average Bonchev–Trinajstić information content (AvgIpc) is 2.94. The van der Waals surface area contributed by atoms with Gasteiger partial charge in [-0.3, -0.25) is 4.79 Å². The summed E-state index contributed by atoms with van der Waals surface area (Å²) < 4.78 is 1.04. The lowest BCUT2D eigenvalue weighted by Gasteiger charge is -2.07. The van der Waals surface area contributed by atoms with Crippen LogP contribution in [0.15, 0.2) is 46.9 Å². The number of benzene rings is 1. The fourth-order valence-corrected chi connectivity index (χ4v) is 3.04. The van der Waals surface area contributed by atoms with Gasteiger partial charge in [-0.1, -0.05) is 28.1 Å². The molecule has 1 heterocycles. The summed E-state index contributed by atoms with van der Waals surface area (Å²) in [6.45, 7) is 1.69. The number of thiophene rings is 1. The molecule has 0 bridgehead atoms. The summed E-state index contributed by atoms with van der Waals surface area (Å²) in [6.07, 6.45) is 3.27. The normalized spacial score (nSPS) is 12.5. The minimum absolute atomic E-state index is 0.0639. The second-order valence-corrected chi connectivity index (χ2v) is 6.67. The van der Waals surface area contributed by atoms with E-state index in [0.717, 1.165) is 19.8 Å². The highest BCUT2D eigenvalue weighted by Crippen LogP contribution is 2.30. The van der Waals surface area contributed by atoms with Crippen LogP contribution in [0.5, 0.6) is 0 Å². The zero-order chi connectivity index (χ0) is 15.2. The maximum atomic E-state index is 11.6. The van der Waals surface area contributed by atoms with Gasteiger partial charge < -0.3 is 10.4 Å². The largest absolute Gasteiger partial charge is 0.394 e. The molecule has 0 spiro atoms. The number of halogens is 1. The molecule has 0 radical (unpaired) electrons. The second kappa shape index (κ2) is 7.54. The van der Waals surface area contributed by atoms with Crippen molar-refractivity contribution in [3.63, 3.8) is 0 Å². The number of aliphatic hydroxyl groups excluding tert-OH is 1. The molecule has 3 nitrogen and oxygen atoms in total. The van der Waals surface area contributed by atoms with Gasteiger partial charge in [-0.2, -0.15) is 0 Å². The summed E-state index contributed by atoms with van der Waals surface area (Å²) in [4.78, 5) is 13.8. The van der Waals surface area contributed by atoms with E-state index in [-0.39, 0.29) is 18.6 Å². The predicted octanol–water partition coefficient (Wildman–Crippen LogP) is 3.69. The highest BCUT2D eigenvalue weighted by Gasteiger charge is 2.04. The zero-order valence-corrected chi connectivity index (χ0v) is 13.9. The monoisotopic (exact) mass is 365 g/mol. The van der Waals surface area contributed by atoms with Crippen LogP contribution in [0.3, 0.4) is 0 Å². The average molecular weight is 366 g/mol. The molecule has 0 fully saturated rings. The lowest BCUT2D eigenvalue weighted by Crippen LogP contribution is -2.33. The molecular weight excluding hydrogens is 350 g/mol. The summed E-state index contributed by atoms with van der Waals surface area (Å²) in [5, 5.41) is 11.5. The molecule has 2 N–H and O–H groups in total. The molecule has 5 heteroatoms. The van der Waals surface area contributed by atoms with Gasteiger partial charge in [0.15, 0.2) is 0 Å². The van der Waals surface area contributed by atoms with Crippen molar-refractivity contribution in [3.8, 4) is 10.4 Å². The minimum atomic E-state index is -0.234. The van der Waals surface area contributed by atoms with Gasteiger partial charge in [-0.25, -0.2) is 0 Å². The molecular formula is C16H16BrNO2S. The van der Waals surface area contributed by atoms with Crippen LogP contribution >= 0.6 is 27.3 Å². The summed E-state index contributed by atoms with van der Waals surface area (Å²) in [5.74, 6) is -0.200. The summed E-state index contributed by atoms with van der Waals surface area (Å²) >= 11 is 5.09. The molecule has 1 atom stereocenters. The van der Waals surface area contributed by atoms with E-state index in [0.29, 0.717) is 0 Å². The van der Waals surface area contributed by atoms with E-state index in [9.17, 15) is 4.79 Å². The van der Waals surface area contributed by atoms with Gasteiger partial charge in [0.05, 0.1) is 6.61 Å². The zero-order valence-electron chi connectivity index (χ0n) is 11.5. The molecule has 2 aromatic rings. The van der Waals surface area contributed by atoms with Crippen molar-refractivity contribution in [1.82, 2.24) is 5.32 Å². The molecule has 110 valence electrons. The molecule has 0 aliphatic rings. The molecule has 0 saturated carbocycles. The van der Waals surface area contributed by atoms with E-state index in [1.54, 1.807) is 24.3 Å². The number of nitrogens with one attached hydrogen (secondary N) is 1. The van der Waals surface area contributed by atoms with Crippen molar-refractivity contribution in [3.05, 3.63) is 51.8 Å². The molecule has 1 amide bonds. The third-order valence-corrected chi connectivity index (χ3v) is 4.39. The van der Waals surface area contributed by atoms with Crippen molar-refractivity contribution in [2.24, 2.45) is 0 Å². The van der Waals surface area contributed by atoms with Gasteiger partial charge in [0.1, 0.15) is 0 Å². The van der Waals surface area contributed by atoms with E-state index >= 15 is 0 Å². The van der Waals surface area contributed by atoms with Gasteiger partial charge in [0.2, 0.25) is 5.91 Å². The molecule has 2 rings (SSSR count). The van der Waals surface area contributed by atoms with Crippen LogP contribution < -0.4 is 5.32 Å². The van der Waals surface area contributed by atoms with E-state index in [1.807, 2.05) is 24.3 Å². The SMILES string of the molecule is CC(CO)NC(=O)/C=C/c1ccc(-c2cccc(Br)c2)s1. The van der Waals surface area contributed by atoms with Crippen molar-refractivity contribution in [2.45, 2.75) is 13.0 Å². The van der Waals surface area contributed by atoms with Gasteiger partial charge in [0, 0.05) is 26.3 Å². The van der Waals surface area contributed by atoms with Gasteiger partial charge in [-0.05, 0) is 42.8 Å². The first-order chi connectivity index (χ1) is 10.1. The lowest BCUT2D eigenvalue weighted by molar-refractivity contribution is -0.117. The van der Waals surface area contributed by atoms with E-state index < -0.39 is 0 Å². The molecule has 1 unspecified atom stereocenters. The summed E-state index contributed by atoms with van der Waals surface area (Å²) in [5.41, 5.74) is 1.15. The topological polar surface area (TPSA) is 49.3 Å². The van der Waals surface area contributed by atoms with E-state index in [1.165, 1.54) is 6.08 Å². The lowest BCUT2D eigenvalue weighted by atomic mass is 10.2. The maximum Gasteiger partial charge on any atom is 0.244 e. The van der Waals surface area contributed by atoms with Gasteiger partial charge in [-0.15, -0.1) is 11.3 Å². The quantitative estimate of drug-likeness (QED) is 0.793. The van der Waals surface area contributed by atoms with Crippen LogP contribution in [-0.4, -0.2) is 23.7 Å².